The zero-order valence-corrected chi connectivity index (χ0v) is 18.8. The van der Waals surface area contributed by atoms with Crippen LogP contribution in [0.1, 0.15) is 23.2 Å². The largest absolute Gasteiger partial charge is 0.349 e. The molecule has 2 aromatic carbocycles. The SMILES string of the molecule is C=CCn1c(SCC(=O)Nc2ccccc2C(=O)NC2CC2)nnc1-c1ccc(Cl)cc1. The highest BCUT2D eigenvalue weighted by atomic mass is 35.5. The van der Waals surface area contributed by atoms with E-state index in [0.717, 1.165) is 18.4 Å². The molecule has 1 saturated carbocycles. The molecule has 0 saturated heterocycles. The molecule has 1 fully saturated rings. The van der Waals surface area contributed by atoms with Crippen molar-refractivity contribution in [2.45, 2.75) is 30.6 Å². The van der Waals surface area contributed by atoms with Crippen molar-refractivity contribution in [1.29, 1.82) is 0 Å². The third kappa shape index (κ3) is 5.38. The average molecular weight is 468 g/mol. The van der Waals surface area contributed by atoms with E-state index >= 15 is 0 Å². The summed E-state index contributed by atoms with van der Waals surface area (Å²) in [5.41, 5.74) is 1.82. The number of hydrogen-bond donors (Lipinski definition) is 2. The van der Waals surface area contributed by atoms with Gasteiger partial charge in [-0.1, -0.05) is 41.6 Å². The molecule has 9 heteroatoms. The maximum atomic E-state index is 12.6. The first kappa shape index (κ1) is 22.1. The van der Waals surface area contributed by atoms with Crippen LogP contribution in [0.2, 0.25) is 5.02 Å². The summed E-state index contributed by atoms with van der Waals surface area (Å²) >= 11 is 7.25. The Bertz CT molecular complexity index is 1140. The van der Waals surface area contributed by atoms with Crippen LogP contribution in [0.4, 0.5) is 5.69 Å². The molecule has 4 rings (SSSR count). The summed E-state index contributed by atoms with van der Waals surface area (Å²) in [4.78, 5) is 25.1. The van der Waals surface area contributed by atoms with Gasteiger partial charge in [0.1, 0.15) is 0 Å². The molecule has 0 bridgehead atoms. The Hall–Kier alpha value is -3.10. The van der Waals surface area contributed by atoms with Gasteiger partial charge >= 0.3 is 0 Å². The van der Waals surface area contributed by atoms with E-state index in [4.69, 9.17) is 11.6 Å². The minimum atomic E-state index is -0.233. The highest BCUT2D eigenvalue weighted by Crippen LogP contribution is 2.26. The third-order valence-corrected chi connectivity index (χ3v) is 6.04. The Morgan fingerprint density at radius 2 is 1.91 bits per heavy atom. The normalized spacial score (nSPS) is 12.9. The zero-order valence-electron chi connectivity index (χ0n) is 17.3. The second-order valence-electron chi connectivity index (χ2n) is 7.34. The fourth-order valence-corrected chi connectivity index (χ4v) is 3.97. The predicted octanol–water partition coefficient (Wildman–Crippen LogP) is 4.41. The van der Waals surface area contributed by atoms with Crippen molar-refractivity contribution in [2.75, 3.05) is 11.1 Å². The Kier molecular flexibility index (Phi) is 6.92. The van der Waals surface area contributed by atoms with Crippen molar-refractivity contribution < 1.29 is 9.59 Å². The lowest BCUT2D eigenvalue weighted by atomic mass is 10.1. The van der Waals surface area contributed by atoms with Gasteiger partial charge in [-0.2, -0.15) is 0 Å². The molecule has 32 heavy (non-hydrogen) atoms. The Morgan fingerprint density at radius 1 is 1.16 bits per heavy atom. The zero-order chi connectivity index (χ0) is 22.5. The van der Waals surface area contributed by atoms with Crippen LogP contribution < -0.4 is 10.6 Å². The summed E-state index contributed by atoms with van der Waals surface area (Å²) in [7, 11) is 0. The molecule has 1 heterocycles. The molecule has 2 amide bonds. The number of nitrogens with one attached hydrogen (secondary N) is 2. The number of aromatic nitrogens is 3. The van der Waals surface area contributed by atoms with Crippen LogP contribution >= 0.6 is 23.4 Å². The Morgan fingerprint density at radius 3 is 2.62 bits per heavy atom. The number of rotatable bonds is 9. The molecule has 7 nitrogen and oxygen atoms in total. The van der Waals surface area contributed by atoms with E-state index in [1.54, 1.807) is 42.5 Å². The number of carbonyl (C=O) groups excluding carboxylic acids is 2. The number of halogens is 1. The van der Waals surface area contributed by atoms with Gasteiger partial charge in [0.15, 0.2) is 11.0 Å². The van der Waals surface area contributed by atoms with E-state index in [9.17, 15) is 9.59 Å². The van der Waals surface area contributed by atoms with Gasteiger partial charge in [0.25, 0.3) is 5.91 Å². The van der Waals surface area contributed by atoms with Gasteiger partial charge < -0.3 is 10.6 Å². The second kappa shape index (κ2) is 10.0. The summed E-state index contributed by atoms with van der Waals surface area (Å²) < 4.78 is 1.89. The molecule has 0 spiro atoms. The first-order valence-corrected chi connectivity index (χ1v) is 11.5. The van der Waals surface area contributed by atoms with E-state index in [0.29, 0.717) is 33.8 Å². The van der Waals surface area contributed by atoms with Crippen LogP contribution in [0.25, 0.3) is 11.4 Å². The van der Waals surface area contributed by atoms with Crippen LogP contribution in [0.5, 0.6) is 0 Å². The van der Waals surface area contributed by atoms with Crippen molar-refractivity contribution in [1.82, 2.24) is 20.1 Å². The van der Waals surface area contributed by atoms with Crippen molar-refractivity contribution in [2.24, 2.45) is 0 Å². The Balaban J connectivity index is 1.44. The number of anilines is 1. The molecular formula is C23H22ClN5O2S. The predicted molar refractivity (Wildman–Crippen MR) is 127 cm³/mol. The molecule has 0 aliphatic heterocycles. The summed E-state index contributed by atoms with van der Waals surface area (Å²) in [6.45, 7) is 4.30. The molecule has 0 radical (unpaired) electrons. The number of hydrogen-bond acceptors (Lipinski definition) is 5. The molecule has 1 aliphatic carbocycles. The molecule has 2 N–H and O–H groups in total. The second-order valence-corrected chi connectivity index (χ2v) is 8.72. The van der Waals surface area contributed by atoms with Gasteiger partial charge in [-0.3, -0.25) is 14.2 Å². The van der Waals surface area contributed by atoms with Crippen molar-refractivity contribution in [3.05, 3.63) is 71.8 Å². The highest BCUT2D eigenvalue weighted by molar-refractivity contribution is 7.99. The van der Waals surface area contributed by atoms with E-state index in [2.05, 4.69) is 27.4 Å². The number of nitrogens with zero attached hydrogens (tertiary/aromatic N) is 3. The molecule has 0 atom stereocenters. The van der Waals surface area contributed by atoms with Crippen LogP contribution in [0, 0.1) is 0 Å². The molecular weight excluding hydrogens is 446 g/mol. The number of amides is 2. The van der Waals surface area contributed by atoms with E-state index in [-0.39, 0.29) is 23.6 Å². The van der Waals surface area contributed by atoms with Crippen LogP contribution in [-0.4, -0.2) is 38.4 Å². The van der Waals surface area contributed by atoms with Gasteiger partial charge in [0.2, 0.25) is 5.91 Å². The number of benzene rings is 2. The maximum Gasteiger partial charge on any atom is 0.253 e. The van der Waals surface area contributed by atoms with Gasteiger partial charge in [0.05, 0.1) is 17.0 Å². The highest BCUT2D eigenvalue weighted by Gasteiger charge is 2.25. The monoisotopic (exact) mass is 467 g/mol. The number of thioether (sulfide) groups is 1. The van der Waals surface area contributed by atoms with Crippen molar-refractivity contribution >= 4 is 40.9 Å². The lowest BCUT2D eigenvalue weighted by molar-refractivity contribution is -0.113. The number of allylic oxidation sites excluding steroid dienone is 1. The van der Waals surface area contributed by atoms with Gasteiger partial charge in [0, 0.05) is 23.2 Å². The standard InChI is InChI=1S/C23H22ClN5O2S/c1-2-13-29-21(15-7-9-16(24)10-8-15)27-28-23(29)32-14-20(30)26-19-6-4-3-5-18(19)22(31)25-17-11-12-17/h2-10,17H,1,11-14H2,(H,25,31)(H,26,30). The summed E-state index contributed by atoms with van der Waals surface area (Å²) in [6, 6.07) is 14.6. The number of carbonyl (C=O) groups is 2. The van der Waals surface area contributed by atoms with Crippen LogP contribution in [-0.2, 0) is 11.3 Å². The quantitative estimate of drug-likeness (QED) is 0.359. The lowest BCUT2D eigenvalue weighted by Crippen LogP contribution is -2.27. The molecule has 0 unspecified atom stereocenters. The first-order chi connectivity index (χ1) is 15.5. The van der Waals surface area contributed by atoms with Crippen molar-refractivity contribution in [3.63, 3.8) is 0 Å². The van der Waals surface area contributed by atoms with Gasteiger partial charge in [-0.15, -0.1) is 16.8 Å². The third-order valence-electron chi connectivity index (χ3n) is 4.82. The van der Waals surface area contributed by atoms with E-state index in [1.807, 2.05) is 16.7 Å². The summed E-state index contributed by atoms with van der Waals surface area (Å²) in [5.74, 6) is 0.387. The van der Waals surface area contributed by atoms with E-state index in [1.165, 1.54) is 11.8 Å². The average Bonchev–Trinajstić information content (AvgIpc) is 3.52. The fourth-order valence-electron chi connectivity index (χ4n) is 3.10. The molecule has 1 aromatic heterocycles. The Labute approximate surface area is 195 Å². The first-order valence-electron chi connectivity index (χ1n) is 10.2. The van der Waals surface area contributed by atoms with Gasteiger partial charge in [-0.25, -0.2) is 0 Å². The van der Waals surface area contributed by atoms with Crippen LogP contribution in [0.15, 0.2) is 66.3 Å². The fraction of sp³-hybridized carbons (Fsp3) is 0.217. The minimum Gasteiger partial charge on any atom is -0.349 e. The van der Waals surface area contributed by atoms with Crippen molar-refractivity contribution in [3.8, 4) is 11.4 Å². The number of para-hydroxylation sites is 1. The molecule has 3 aromatic rings. The minimum absolute atomic E-state index is 0.120. The lowest BCUT2D eigenvalue weighted by Gasteiger charge is -2.11. The van der Waals surface area contributed by atoms with E-state index < -0.39 is 0 Å². The topological polar surface area (TPSA) is 88.9 Å². The summed E-state index contributed by atoms with van der Waals surface area (Å²) in [6.07, 6.45) is 3.75. The summed E-state index contributed by atoms with van der Waals surface area (Å²) in [5, 5.41) is 15.6. The smallest absolute Gasteiger partial charge is 0.253 e. The van der Waals surface area contributed by atoms with Gasteiger partial charge in [-0.05, 0) is 49.2 Å². The molecule has 1 aliphatic rings. The molecule has 164 valence electrons. The maximum absolute atomic E-state index is 12.6. The van der Waals surface area contributed by atoms with Crippen LogP contribution in [0.3, 0.4) is 0 Å².